The quantitative estimate of drug-likeness (QED) is 0.165. The van der Waals surface area contributed by atoms with Crippen LogP contribution < -0.4 is 9.47 Å². The fourth-order valence-corrected chi connectivity index (χ4v) is 4.01. The first-order chi connectivity index (χ1) is 16.0. The van der Waals surface area contributed by atoms with Crippen molar-refractivity contribution in [3.8, 4) is 17.3 Å². The van der Waals surface area contributed by atoms with Crippen LogP contribution in [0.4, 0.5) is 0 Å². The summed E-state index contributed by atoms with van der Waals surface area (Å²) >= 11 is 3.44. The van der Waals surface area contributed by atoms with Gasteiger partial charge in [-0.05, 0) is 77.9 Å². The molecule has 0 saturated carbocycles. The number of rotatable bonds is 11. The van der Waals surface area contributed by atoms with Gasteiger partial charge in [0.1, 0.15) is 0 Å². The first kappa shape index (κ1) is 25.0. The normalized spacial score (nSPS) is 11.1. The molecule has 0 atom stereocenters. The highest BCUT2D eigenvalue weighted by Gasteiger charge is 2.18. The van der Waals surface area contributed by atoms with E-state index in [1.54, 1.807) is 19.2 Å². The van der Waals surface area contributed by atoms with Gasteiger partial charge in [0.05, 0.1) is 12.3 Å². The summed E-state index contributed by atoms with van der Waals surface area (Å²) in [4.78, 5) is 16.2. The van der Waals surface area contributed by atoms with E-state index in [4.69, 9.17) is 14.6 Å². The Bertz CT molecular complexity index is 1060. The van der Waals surface area contributed by atoms with Gasteiger partial charge >= 0.3 is 5.97 Å². The maximum absolute atomic E-state index is 11.8. The van der Waals surface area contributed by atoms with Crippen LogP contribution in [-0.4, -0.2) is 27.3 Å². The Balaban J connectivity index is 1.72. The zero-order valence-corrected chi connectivity index (χ0v) is 21.4. The molecule has 0 saturated heterocycles. The van der Waals surface area contributed by atoms with E-state index in [-0.39, 0.29) is 5.97 Å². The molecule has 0 radical (unpaired) electrons. The number of hydrogen-bond donors (Lipinski definition) is 0. The Hall–Kier alpha value is -2.67. The number of pyridine rings is 1. The van der Waals surface area contributed by atoms with Gasteiger partial charge in [-0.25, -0.2) is 9.67 Å². The Morgan fingerprint density at radius 1 is 1.15 bits per heavy atom. The van der Waals surface area contributed by atoms with Crippen LogP contribution >= 0.6 is 15.9 Å². The highest BCUT2D eigenvalue weighted by Crippen LogP contribution is 2.32. The molecule has 0 aliphatic heterocycles. The monoisotopic (exact) mass is 513 g/mol. The molecule has 33 heavy (non-hydrogen) atoms. The zero-order valence-electron chi connectivity index (χ0n) is 19.8. The van der Waals surface area contributed by atoms with Crippen molar-refractivity contribution in [2.45, 2.75) is 65.7 Å². The first-order valence-electron chi connectivity index (χ1n) is 11.6. The van der Waals surface area contributed by atoms with Crippen LogP contribution in [0.3, 0.4) is 0 Å². The summed E-state index contributed by atoms with van der Waals surface area (Å²) in [6, 6.07) is 9.53. The second-order valence-corrected chi connectivity index (χ2v) is 8.93. The predicted molar refractivity (Wildman–Crippen MR) is 133 cm³/mol. The molecular weight excluding hydrogens is 482 g/mol. The SMILES string of the molecule is CCC(=O)Oc1cccc(C)c1OCCCc1cn(-c2ccc(Br)cn2)nc1C(CC)CC. The van der Waals surface area contributed by atoms with Gasteiger partial charge in [-0.2, -0.15) is 5.10 Å². The van der Waals surface area contributed by atoms with Crippen LogP contribution in [0.5, 0.6) is 11.5 Å². The van der Waals surface area contributed by atoms with Crippen molar-refractivity contribution >= 4 is 21.9 Å². The summed E-state index contributed by atoms with van der Waals surface area (Å²) in [5, 5.41) is 4.90. The van der Waals surface area contributed by atoms with Gasteiger partial charge in [0.15, 0.2) is 17.3 Å². The minimum absolute atomic E-state index is 0.269. The van der Waals surface area contributed by atoms with E-state index in [1.807, 2.05) is 35.9 Å². The molecule has 7 heteroatoms. The van der Waals surface area contributed by atoms with Gasteiger partial charge in [-0.15, -0.1) is 0 Å². The lowest BCUT2D eigenvalue weighted by Gasteiger charge is -2.14. The van der Waals surface area contributed by atoms with Crippen LogP contribution in [0.25, 0.3) is 5.82 Å². The number of hydrogen-bond acceptors (Lipinski definition) is 5. The van der Waals surface area contributed by atoms with Gasteiger partial charge < -0.3 is 9.47 Å². The van der Waals surface area contributed by atoms with Crippen molar-refractivity contribution in [1.82, 2.24) is 14.8 Å². The Kier molecular flexibility index (Phi) is 9.06. The first-order valence-corrected chi connectivity index (χ1v) is 12.4. The summed E-state index contributed by atoms with van der Waals surface area (Å²) in [6.07, 6.45) is 7.95. The molecule has 0 N–H and O–H groups in total. The maximum Gasteiger partial charge on any atom is 0.311 e. The maximum atomic E-state index is 11.8. The summed E-state index contributed by atoms with van der Waals surface area (Å²) in [5.74, 6) is 2.06. The molecule has 0 spiro atoms. The van der Waals surface area contributed by atoms with E-state index < -0.39 is 0 Å². The third-order valence-electron chi connectivity index (χ3n) is 5.67. The minimum atomic E-state index is -0.269. The van der Waals surface area contributed by atoms with Crippen molar-refractivity contribution in [3.63, 3.8) is 0 Å². The van der Waals surface area contributed by atoms with Gasteiger partial charge in [0.2, 0.25) is 0 Å². The summed E-state index contributed by atoms with van der Waals surface area (Å²) in [7, 11) is 0. The zero-order chi connectivity index (χ0) is 23.8. The van der Waals surface area contributed by atoms with E-state index in [0.717, 1.165) is 47.2 Å². The number of halogens is 1. The number of nitrogens with zero attached hydrogens (tertiary/aromatic N) is 3. The summed E-state index contributed by atoms with van der Waals surface area (Å²) < 4.78 is 14.3. The average Bonchev–Trinajstić information content (AvgIpc) is 3.23. The van der Waals surface area contributed by atoms with E-state index in [1.165, 1.54) is 5.56 Å². The lowest BCUT2D eigenvalue weighted by Crippen LogP contribution is -2.09. The lowest BCUT2D eigenvalue weighted by molar-refractivity contribution is -0.134. The van der Waals surface area contributed by atoms with Gasteiger partial charge in [-0.3, -0.25) is 4.79 Å². The molecule has 0 fully saturated rings. The van der Waals surface area contributed by atoms with Crippen LogP contribution in [0.15, 0.2) is 47.2 Å². The fourth-order valence-electron chi connectivity index (χ4n) is 3.78. The molecule has 2 heterocycles. The highest BCUT2D eigenvalue weighted by atomic mass is 79.9. The molecule has 6 nitrogen and oxygen atoms in total. The molecule has 0 aliphatic rings. The number of ether oxygens (including phenoxy) is 2. The lowest BCUT2D eigenvalue weighted by atomic mass is 9.95. The molecule has 0 aliphatic carbocycles. The molecule has 3 aromatic rings. The Morgan fingerprint density at radius 3 is 2.61 bits per heavy atom. The number of carbonyl (C=O) groups is 1. The van der Waals surface area contributed by atoms with E-state index in [0.29, 0.717) is 30.4 Å². The number of aryl methyl sites for hydroxylation is 2. The Morgan fingerprint density at radius 2 is 1.94 bits per heavy atom. The third kappa shape index (κ3) is 6.44. The molecule has 176 valence electrons. The van der Waals surface area contributed by atoms with Crippen molar-refractivity contribution in [2.75, 3.05) is 6.61 Å². The van der Waals surface area contributed by atoms with Crippen LogP contribution in [-0.2, 0) is 11.2 Å². The van der Waals surface area contributed by atoms with E-state index in [9.17, 15) is 4.79 Å². The van der Waals surface area contributed by atoms with Gasteiger partial charge in [0, 0.05) is 29.2 Å². The average molecular weight is 514 g/mol. The van der Waals surface area contributed by atoms with Crippen LogP contribution in [0, 0.1) is 6.92 Å². The molecule has 0 bridgehead atoms. The molecule has 0 amide bonds. The topological polar surface area (TPSA) is 66.2 Å². The van der Waals surface area contributed by atoms with Crippen molar-refractivity contribution in [2.24, 2.45) is 0 Å². The molecule has 1 aromatic carbocycles. The highest BCUT2D eigenvalue weighted by molar-refractivity contribution is 9.10. The van der Waals surface area contributed by atoms with Crippen molar-refractivity contribution < 1.29 is 14.3 Å². The van der Waals surface area contributed by atoms with Crippen LogP contribution in [0.2, 0.25) is 0 Å². The minimum Gasteiger partial charge on any atom is -0.489 e. The molecule has 2 aromatic heterocycles. The molecular formula is C26H32BrN3O3. The van der Waals surface area contributed by atoms with Crippen LogP contribution in [0.1, 0.15) is 69.2 Å². The number of aromatic nitrogens is 3. The fraction of sp³-hybridized carbons (Fsp3) is 0.423. The third-order valence-corrected chi connectivity index (χ3v) is 6.14. The standard InChI is InChI=1S/C26H32BrN3O3/c1-5-19(6-2)25-20(17-30(29-25)23-14-13-21(27)16-28-23)11-9-15-32-26-18(4)10-8-12-22(26)33-24(31)7-3/h8,10,12-14,16-17,19H,5-7,9,11,15H2,1-4H3. The summed E-state index contributed by atoms with van der Waals surface area (Å²) in [5.41, 5.74) is 3.31. The number of para-hydroxylation sites is 1. The van der Waals surface area contributed by atoms with Crippen molar-refractivity contribution in [1.29, 1.82) is 0 Å². The number of carbonyl (C=O) groups excluding carboxylic acids is 1. The van der Waals surface area contributed by atoms with E-state index >= 15 is 0 Å². The largest absolute Gasteiger partial charge is 0.489 e. The van der Waals surface area contributed by atoms with E-state index in [2.05, 4.69) is 41.0 Å². The second kappa shape index (κ2) is 12.0. The molecule has 0 unspecified atom stereocenters. The Labute approximate surface area is 204 Å². The summed E-state index contributed by atoms with van der Waals surface area (Å²) in [6.45, 7) is 8.66. The smallest absolute Gasteiger partial charge is 0.311 e. The number of benzene rings is 1. The number of esters is 1. The van der Waals surface area contributed by atoms with Crippen molar-refractivity contribution in [3.05, 3.63) is 64.0 Å². The van der Waals surface area contributed by atoms with Gasteiger partial charge in [0.25, 0.3) is 0 Å². The molecule has 3 rings (SSSR count). The van der Waals surface area contributed by atoms with Gasteiger partial charge in [-0.1, -0.05) is 32.9 Å². The second-order valence-electron chi connectivity index (χ2n) is 8.01. The predicted octanol–water partition coefficient (Wildman–Crippen LogP) is 6.57.